The largest absolute Gasteiger partial charge is 0.481 e. The lowest BCUT2D eigenvalue weighted by Crippen LogP contribution is -2.66. The maximum absolute atomic E-state index is 12.5. The Kier molecular flexibility index (Phi) is 10.5. The van der Waals surface area contributed by atoms with E-state index in [0.29, 0.717) is 52.1 Å². The monoisotopic (exact) mass is 568 g/mol. The number of aliphatic hydroxyl groups is 2. The minimum absolute atomic E-state index is 0.00641. The van der Waals surface area contributed by atoms with Gasteiger partial charge in [0.15, 0.2) is 0 Å². The van der Waals surface area contributed by atoms with Gasteiger partial charge in [-0.1, -0.05) is 38.8 Å². The van der Waals surface area contributed by atoms with E-state index in [1.165, 1.54) is 0 Å². The Balaban J connectivity index is 0.000000378. The van der Waals surface area contributed by atoms with Crippen LogP contribution in [-0.2, 0) is 23.9 Å². The number of aliphatic carboxylic acids is 3. The number of allylic oxidation sites excluding steroid dienone is 2. The van der Waals surface area contributed by atoms with Crippen molar-refractivity contribution in [2.75, 3.05) is 39.6 Å². The molecule has 3 saturated carbocycles. The lowest BCUT2D eigenvalue weighted by Gasteiger charge is -2.68. The second-order valence-electron chi connectivity index (χ2n) is 12.8. The van der Waals surface area contributed by atoms with Crippen LogP contribution in [0.25, 0.3) is 0 Å². The molecule has 10 heteroatoms. The summed E-state index contributed by atoms with van der Waals surface area (Å²) in [6, 6.07) is 0. The Hall–Kier alpha value is -2.01. The van der Waals surface area contributed by atoms with Crippen LogP contribution in [-0.4, -0.2) is 83.1 Å². The number of carboxylic acid groups (broad SMARTS) is 3. The normalized spacial score (nSPS) is 38.0. The molecule has 1 spiro atoms. The van der Waals surface area contributed by atoms with Gasteiger partial charge >= 0.3 is 17.9 Å². The molecule has 0 aliphatic heterocycles. The van der Waals surface area contributed by atoms with Gasteiger partial charge in [-0.15, -0.1) is 0 Å². The minimum atomic E-state index is -1.02. The molecule has 0 amide bonds. The number of hydrogen-bond acceptors (Lipinski definition) is 7. The van der Waals surface area contributed by atoms with E-state index in [-0.39, 0.29) is 42.3 Å². The fourth-order valence-electron chi connectivity index (χ4n) is 9.01. The van der Waals surface area contributed by atoms with Crippen LogP contribution in [0.15, 0.2) is 11.6 Å². The second-order valence-corrected chi connectivity index (χ2v) is 12.8. The first-order chi connectivity index (χ1) is 18.8. The van der Waals surface area contributed by atoms with Gasteiger partial charge in [0.05, 0.1) is 56.9 Å². The molecule has 5 N–H and O–H groups in total. The van der Waals surface area contributed by atoms with Crippen molar-refractivity contribution >= 4 is 17.9 Å². The van der Waals surface area contributed by atoms with Crippen molar-refractivity contribution in [2.24, 2.45) is 51.8 Å². The molecule has 0 unspecified atom stereocenters. The van der Waals surface area contributed by atoms with Crippen molar-refractivity contribution in [3.63, 3.8) is 0 Å². The van der Waals surface area contributed by atoms with Gasteiger partial charge in [-0.2, -0.15) is 0 Å². The van der Waals surface area contributed by atoms with Crippen LogP contribution in [0.5, 0.6) is 0 Å². The highest BCUT2D eigenvalue weighted by Crippen LogP contribution is 2.73. The predicted octanol–water partition coefficient (Wildman–Crippen LogP) is 3.30. The molecule has 3 fully saturated rings. The van der Waals surface area contributed by atoms with Crippen molar-refractivity contribution in [3.8, 4) is 0 Å². The van der Waals surface area contributed by atoms with Crippen LogP contribution < -0.4 is 0 Å². The predicted molar refractivity (Wildman–Crippen MR) is 145 cm³/mol. The zero-order valence-corrected chi connectivity index (χ0v) is 24.3. The van der Waals surface area contributed by atoms with Crippen LogP contribution in [0.4, 0.5) is 0 Å². The summed E-state index contributed by atoms with van der Waals surface area (Å²) in [5.41, 5.74) is -0.709. The van der Waals surface area contributed by atoms with Gasteiger partial charge in [-0.3, -0.25) is 14.4 Å². The number of carboxylic acids is 3. The van der Waals surface area contributed by atoms with E-state index in [2.05, 4.69) is 26.8 Å². The Labute approximate surface area is 236 Å². The third-order valence-corrected chi connectivity index (χ3v) is 10.6. The minimum Gasteiger partial charge on any atom is -0.481 e. The summed E-state index contributed by atoms with van der Waals surface area (Å²) in [6.45, 7) is 9.87. The van der Waals surface area contributed by atoms with Crippen LogP contribution in [0, 0.1) is 51.8 Å². The topological polar surface area (TPSA) is 171 Å². The molecular formula is C30H48O10. The van der Waals surface area contributed by atoms with Gasteiger partial charge < -0.3 is 35.0 Å². The molecule has 5 aliphatic rings. The highest BCUT2D eigenvalue weighted by atomic mass is 16.5. The Morgan fingerprint density at radius 1 is 0.900 bits per heavy atom. The summed E-state index contributed by atoms with van der Waals surface area (Å²) in [5, 5.41) is 46.9. The smallest absolute Gasteiger partial charge is 0.309 e. The SMILES string of the molecule is CC(C)C1=C[C@@]23CC[C@@H]4[C@](C)(CCC[C@@]4(C)C(=O)O)[C@H]2C[C@@H]1[C@@H](C(=O)O)[C@@H]3C(=O)O.OCCOCCOCCO. The van der Waals surface area contributed by atoms with E-state index in [4.69, 9.17) is 19.7 Å². The van der Waals surface area contributed by atoms with Gasteiger partial charge in [-0.05, 0) is 68.1 Å². The van der Waals surface area contributed by atoms with Gasteiger partial charge in [0, 0.05) is 5.41 Å². The zero-order valence-electron chi connectivity index (χ0n) is 24.3. The average Bonchev–Trinajstić information content (AvgIpc) is 2.89. The number of aliphatic hydroxyl groups excluding tert-OH is 2. The Morgan fingerprint density at radius 3 is 1.98 bits per heavy atom. The first-order valence-electron chi connectivity index (χ1n) is 14.6. The molecule has 0 heterocycles. The van der Waals surface area contributed by atoms with Crippen LogP contribution in [0.1, 0.15) is 66.2 Å². The fraction of sp³-hybridized carbons (Fsp3) is 0.833. The van der Waals surface area contributed by atoms with Crippen LogP contribution in [0.2, 0.25) is 0 Å². The molecule has 0 aromatic carbocycles. The molecule has 228 valence electrons. The molecule has 5 rings (SSSR count). The summed E-state index contributed by atoms with van der Waals surface area (Å²) in [4.78, 5) is 37.0. The Bertz CT molecular complexity index is 954. The Morgan fingerprint density at radius 2 is 1.50 bits per heavy atom. The second kappa shape index (κ2) is 12.9. The fourth-order valence-corrected chi connectivity index (χ4v) is 9.01. The lowest BCUT2D eigenvalue weighted by molar-refractivity contribution is -0.207. The van der Waals surface area contributed by atoms with Crippen LogP contribution in [0.3, 0.4) is 0 Å². The molecule has 0 aromatic heterocycles. The molecule has 0 saturated heterocycles. The highest BCUT2D eigenvalue weighted by Gasteiger charge is 2.71. The average molecular weight is 569 g/mol. The maximum Gasteiger partial charge on any atom is 0.309 e. The molecular weight excluding hydrogens is 520 g/mol. The summed E-state index contributed by atoms with van der Waals surface area (Å²) >= 11 is 0. The molecule has 40 heavy (non-hydrogen) atoms. The summed E-state index contributed by atoms with van der Waals surface area (Å²) in [5.74, 6) is -4.76. The van der Waals surface area contributed by atoms with Crippen LogP contribution >= 0.6 is 0 Å². The van der Waals surface area contributed by atoms with Crippen molar-refractivity contribution in [2.45, 2.75) is 66.2 Å². The third kappa shape index (κ3) is 5.69. The van der Waals surface area contributed by atoms with Crippen molar-refractivity contribution in [1.29, 1.82) is 0 Å². The number of fused-ring (bicyclic) bond motifs is 2. The lowest BCUT2D eigenvalue weighted by atomic mass is 9.34. The van der Waals surface area contributed by atoms with E-state index in [0.717, 1.165) is 18.4 Å². The van der Waals surface area contributed by atoms with Crippen molar-refractivity contribution in [1.82, 2.24) is 0 Å². The van der Waals surface area contributed by atoms with E-state index < -0.39 is 40.6 Å². The zero-order chi connectivity index (χ0) is 29.9. The third-order valence-electron chi connectivity index (χ3n) is 10.6. The molecule has 10 nitrogen and oxygen atoms in total. The molecule has 0 radical (unpaired) electrons. The standard InChI is InChI=1S/C24H34O6.C6H14O4/c1-12(2)14-11-24-9-6-15-22(3,7-5-8-23(15,4)21(29)30)16(24)10-13(14)17(19(25)26)18(24)20(27)28;7-1-3-9-5-6-10-4-2-8/h11-13,15-18H,5-10H2,1-4H3,(H,25,26)(H,27,28)(H,29,30);7-8H,1-6H2/t13-,15+,16+,17+,18+,22-,23+,24-;/m0./s1. The highest BCUT2D eigenvalue weighted by molar-refractivity contribution is 5.83. The summed E-state index contributed by atoms with van der Waals surface area (Å²) in [6.07, 6.45) is 6.36. The van der Waals surface area contributed by atoms with Crippen molar-refractivity contribution in [3.05, 3.63) is 11.6 Å². The first kappa shape index (κ1) is 32.5. The van der Waals surface area contributed by atoms with Gasteiger partial charge in [-0.25, -0.2) is 0 Å². The number of rotatable bonds is 11. The maximum atomic E-state index is 12.5. The summed E-state index contributed by atoms with van der Waals surface area (Å²) < 4.78 is 9.75. The van der Waals surface area contributed by atoms with Gasteiger partial charge in [0.25, 0.3) is 0 Å². The van der Waals surface area contributed by atoms with Gasteiger partial charge in [0.1, 0.15) is 0 Å². The van der Waals surface area contributed by atoms with E-state index in [1.807, 2.05) is 6.92 Å². The van der Waals surface area contributed by atoms with E-state index in [1.54, 1.807) is 0 Å². The van der Waals surface area contributed by atoms with Gasteiger partial charge in [0.2, 0.25) is 0 Å². The quantitative estimate of drug-likeness (QED) is 0.184. The first-order valence-corrected chi connectivity index (χ1v) is 14.6. The molecule has 8 atom stereocenters. The number of carbonyl (C=O) groups is 3. The molecule has 5 aliphatic carbocycles. The van der Waals surface area contributed by atoms with E-state index >= 15 is 0 Å². The summed E-state index contributed by atoms with van der Waals surface area (Å²) in [7, 11) is 0. The van der Waals surface area contributed by atoms with Crippen molar-refractivity contribution < 1.29 is 49.4 Å². The molecule has 0 aromatic rings. The number of ether oxygens (including phenoxy) is 2. The van der Waals surface area contributed by atoms with E-state index in [9.17, 15) is 29.7 Å². The molecule has 2 bridgehead atoms. The number of hydrogen-bond donors (Lipinski definition) is 5.